The average Bonchev–Trinajstić information content (AvgIpc) is 2.60. The van der Waals surface area contributed by atoms with Crippen LogP contribution in [0.5, 0.6) is 5.75 Å². The lowest BCUT2D eigenvalue weighted by Gasteiger charge is -2.31. The van der Waals surface area contributed by atoms with E-state index in [1.807, 2.05) is 31.1 Å². The molecule has 0 bridgehead atoms. The molecule has 0 radical (unpaired) electrons. The number of benzene rings is 2. The van der Waals surface area contributed by atoms with Gasteiger partial charge in [0.25, 0.3) is 5.69 Å². The van der Waals surface area contributed by atoms with Crippen LogP contribution < -0.4 is 9.64 Å². The van der Waals surface area contributed by atoms with Crippen LogP contribution in [0, 0.1) is 32.8 Å². The van der Waals surface area contributed by atoms with E-state index >= 15 is 0 Å². The first-order valence-corrected chi connectivity index (χ1v) is 8.12. The molecule has 1 aliphatic rings. The average molecular weight is 371 g/mol. The van der Waals surface area contributed by atoms with Crippen LogP contribution in [0.3, 0.4) is 0 Å². The zero-order chi connectivity index (χ0) is 19.0. The summed E-state index contributed by atoms with van der Waals surface area (Å²) in [7, 11) is 3.74. The SMILES string of the molecule is CN(C)c1ccc2c(c1)OC(=N)C(C#N)C2c1ccc(Cl)cc1[N+](=O)[O-]. The lowest BCUT2D eigenvalue weighted by atomic mass is 9.78. The molecule has 7 nitrogen and oxygen atoms in total. The summed E-state index contributed by atoms with van der Waals surface area (Å²) in [6.45, 7) is 0. The lowest BCUT2D eigenvalue weighted by Crippen LogP contribution is -2.31. The highest BCUT2D eigenvalue weighted by Gasteiger charge is 2.40. The van der Waals surface area contributed by atoms with Gasteiger partial charge in [0.1, 0.15) is 11.7 Å². The number of halogens is 1. The Bertz CT molecular complexity index is 952. The summed E-state index contributed by atoms with van der Waals surface area (Å²) < 4.78 is 5.54. The van der Waals surface area contributed by atoms with Crippen molar-refractivity contribution in [3.8, 4) is 11.8 Å². The van der Waals surface area contributed by atoms with Gasteiger partial charge in [-0.05, 0) is 12.1 Å². The number of hydrogen-bond donors (Lipinski definition) is 1. The number of nitro benzene ring substituents is 1. The smallest absolute Gasteiger partial charge is 0.274 e. The molecule has 132 valence electrons. The van der Waals surface area contributed by atoms with Crippen LogP contribution in [0.4, 0.5) is 11.4 Å². The summed E-state index contributed by atoms with van der Waals surface area (Å²) in [5, 5.41) is 29.4. The molecular formula is C18H15ClN4O3. The topological polar surface area (TPSA) is 103 Å². The summed E-state index contributed by atoms with van der Waals surface area (Å²) in [6, 6.07) is 11.8. The van der Waals surface area contributed by atoms with Gasteiger partial charge in [-0.25, -0.2) is 0 Å². The second-order valence-electron chi connectivity index (χ2n) is 6.13. The molecule has 2 unspecified atom stereocenters. The summed E-state index contributed by atoms with van der Waals surface area (Å²) >= 11 is 5.91. The van der Waals surface area contributed by atoms with Crippen molar-refractivity contribution in [3.05, 3.63) is 62.7 Å². The molecule has 0 amide bonds. The minimum atomic E-state index is -0.965. The van der Waals surface area contributed by atoms with Crippen molar-refractivity contribution >= 4 is 28.9 Å². The number of nitriles is 1. The van der Waals surface area contributed by atoms with Crippen molar-refractivity contribution in [2.45, 2.75) is 5.92 Å². The molecule has 1 N–H and O–H groups in total. The number of nitrogens with one attached hydrogen (secondary N) is 1. The fourth-order valence-corrected chi connectivity index (χ4v) is 3.24. The maximum absolute atomic E-state index is 11.5. The number of nitro groups is 1. The molecule has 1 heterocycles. The second kappa shape index (κ2) is 6.65. The molecule has 0 saturated heterocycles. The number of nitrogens with zero attached hydrogens (tertiary/aromatic N) is 3. The highest BCUT2D eigenvalue weighted by molar-refractivity contribution is 6.30. The van der Waals surface area contributed by atoms with Crippen LogP contribution >= 0.6 is 11.6 Å². The highest BCUT2D eigenvalue weighted by atomic mass is 35.5. The minimum absolute atomic E-state index is 0.180. The first kappa shape index (κ1) is 17.7. The monoisotopic (exact) mass is 370 g/mol. The first-order valence-electron chi connectivity index (χ1n) is 7.74. The van der Waals surface area contributed by atoms with Gasteiger partial charge < -0.3 is 9.64 Å². The summed E-state index contributed by atoms with van der Waals surface area (Å²) in [6.07, 6.45) is 0. The van der Waals surface area contributed by atoms with E-state index in [9.17, 15) is 15.4 Å². The summed E-state index contributed by atoms with van der Waals surface area (Å²) in [5.41, 5.74) is 1.64. The third-order valence-corrected chi connectivity index (χ3v) is 4.58. The van der Waals surface area contributed by atoms with Crippen LogP contribution in [0.2, 0.25) is 5.02 Å². The third-order valence-electron chi connectivity index (χ3n) is 4.35. The lowest BCUT2D eigenvalue weighted by molar-refractivity contribution is -0.385. The molecule has 2 aromatic rings. The van der Waals surface area contributed by atoms with Crippen LogP contribution in [0.25, 0.3) is 0 Å². The van der Waals surface area contributed by atoms with Crippen molar-refractivity contribution in [2.24, 2.45) is 5.92 Å². The molecule has 0 spiro atoms. The van der Waals surface area contributed by atoms with Crippen molar-refractivity contribution in [3.63, 3.8) is 0 Å². The number of anilines is 1. The van der Waals surface area contributed by atoms with Crippen LogP contribution in [0.1, 0.15) is 17.0 Å². The largest absolute Gasteiger partial charge is 0.442 e. The van der Waals surface area contributed by atoms with E-state index < -0.39 is 16.8 Å². The maximum atomic E-state index is 11.5. The van der Waals surface area contributed by atoms with Crippen LogP contribution in [-0.4, -0.2) is 24.9 Å². The standard InChI is InChI=1S/C18H15ClN4O3/c1-22(2)11-4-6-13-16(8-11)26-18(21)14(9-20)17(13)12-5-3-10(19)7-15(12)23(24)25/h3-8,14,17,21H,1-2H3. The first-order chi connectivity index (χ1) is 12.3. The van der Waals surface area contributed by atoms with Crippen molar-refractivity contribution in [1.82, 2.24) is 0 Å². The summed E-state index contributed by atoms with van der Waals surface area (Å²) in [5.74, 6) is -1.47. The van der Waals surface area contributed by atoms with Gasteiger partial charge in [-0.15, -0.1) is 0 Å². The molecule has 1 aliphatic heterocycles. The Hall–Kier alpha value is -3.11. The van der Waals surface area contributed by atoms with Gasteiger partial charge in [0.2, 0.25) is 5.90 Å². The van der Waals surface area contributed by atoms with E-state index in [1.165, 1.54) is 12.1 Å². The van der Waals surface area contributed by atoms with E-state index in [0.717, 1.165) is 5.69 Å². The molecule has 26 heavy (non-hydrogen) atoms. The van der Waals surface area contributed by atoms with Gasteiger partial charge in [-0.1, -0.05) is 23.7 Å². The minimum Gasteiger partial charge on any atom is -0.442 e. The molecule has 8 heteroatoms. The number of fused-ring (bicyclic) bond motifs is 1. The zero-order valence-electron chi connectivity index (χ0n) is 14.1. The van der Waals surface area contributed by atoms with Crippen molar-refractivity contribution in [2.75, 3.05) is 19.0 Å². The fraction of sp³-hybridized carbons (Fsp3) is 0.222. The van der Waals surface area contributed by atoms with Crippen LogP contribution in [-0.2, 0) is 0 Å². The predicted molar refractivity (Wildman–Crippen MR) is 98.2 cm³/mol. The Kier molecular flexibility index (Phi) is 4.53. The summed E-state index contributed by atoms with van der Waals surface area (Å²) in [4.78, 5) is 12.9. The van der Waals surface area contributed by atoms with E-state index in [4.69, 9.17) is 21.7 Å². The van der Waals surface area contributed by atoms with Gasteiger partial charge in [-0.3, -0.25) is 15.5 Å². The number of hydrogen-bond acceptors (Lipinski definition) is 6. The van der Waals surface area contributed by atoms with E-state index in [1.54, 1.807) is 18.2 Å². The molecule has 3 rings (SSSR count). The van der Waals surface area contributed by atoms with Gasteiger partial charge in [-0.2, -0.15) is 5.26 Å². The zero-order valence-corrected chi connectivity index (χ0v) is 14.8. The second-order valence-corrected chi connectivity index (χ2v) is 6.56. The molecule has 0 aromatic heterocycles. The third kappa shape index (κ3) is 2.95. The molecule has 2 atom stereocenters. The maximum Gasteiger partial charge on any atom is 0.274 e. The molecule has 0 aliphatic carbocycles. The predicted octanol–water partition coefficient (Wildman–Crippen LogP) is 3.96. The molecule has 0 saturated carbocycles. The van der Waals surface area contributed by atoms with Gasteiger partial charge in [0.15, 0.2) is 0 Å². The Morgan fingerprint density at radius 1 is 1.27 bits per heavy atom. The van der Waals surface area contributed by atoms with Gasteiger partial charge in [0.05, 0.1) is 11.0 Å². The Morgan fingerprint density at radius 2 is 1.96 bits per heavy atom. The number of ether oxygens (including phenoxy) is 1. The van der Waals surface area contributed by atoms with Gasteiger partial charge >= 0.3 is 0 Å². The highest BCUT2D eigenvalue weighted by Crippen LogP contribution is 2.46. The Labute approximate surface area is 155 Å². The van der Waals surface area contributed by atoms with Crippen molar-refractivity contribution in [1.29, 1.82) is 10.7 Å². The fourth-order valence-electron chi connectivity index (χ4n) is 3.08. The van der Waals surface area contributed by atoms with E-state index in [0.29, 0.717) is 16.9 Å². The molecule has 2 aromatic carbocycles. The normalized spacial score (nSPS) is 18.5. The van der Waals surface area contributed by atoms with Crippen LogP contribution in [0.15, 0.2) is 36.4 Å². The Balaban J connectivity index is 2.25. The van der Waals surface area contributed by atoms with E-state index in [-0.39, 0.29) is 16.6 Å². The van der Waals surface area contributed by atoms with E-state index in [2.05, 4.69) is 0 Å². The van der Waals surface area contributed by atoms with Crippen molar-refractivity contribution < 1.29 is 9.66 Å². The van der Waals surface area contributed by atoms with Gasteiger partial charge in [0, 0.05) is 54.0 Å². The Morgan fingerprint density at radius 3 is 2.58 bits per heavy atom. The quantitative estimate of drug-likeness (QED) is 0.650. The molecule has 0 fully saturated rings. The molecular weight excluding hydrogens is 356 g/mol. The number of rotatable bonds is 3.